The predicted octanol–water partition coefficient (Wildman–Crippen LogP) is 2.32. The van der Waals surface area contributed by atoms with Crippen LogP contribution in [0, 0.1) is 17.5 Å². The van der Waals surface area contributed by atoms with Crippen LogP contribution in [0.4, 0.5) is 26.3 Å². The van der Waals surface area contributed by atoms with E-state index in [1.807, 2.05) is 0 Å². The molecule has 0 aromatic heterocycles. The maximum absolute atomic E-state index is 13.7. The Morgan fingerprint density at radius 2 is 1.67 bits per heavy atom. The number of hydrogen-bond acceptors (Lipinski definition) is 3. The Labute approximate surface area is 116 Å². The van der Waals surface area contributed by atoms with Crippen LogP contribution in [0.1, 0.15) is 11.6 Å². The lowest BCUT2D eigenvalue weighted by Gasteiger charge is -2.36. The van der Waals surface area contributed by atoms with Gasteiger partial charge >= 0.3 is 6.18 Å². The number of nitrogens with zero attached hydrogens (tertiary/aromatic N) is 1. The molecule has 21 heavy (non-hydrogen) atoms. The third-order valence-corrected chi connectivity index (χ3v) is 3.28. The molecule has 1 aromatic carbocycles. The Balaban J connectivity index is 2.54. The number of alkyl halides is 3. The Hall–Kier alpha value is -1.48. The minimum Gasteiger partial charge on any atom is -0.507 e. The Morgan fingerprint density at radius 1 is 1.10 bits per heavy atom. The van der Waals surface area contributed by atoms with Gasteiger partial charge in [-0.15, -0.1) is 0 Å². The molecule has 1 aliphatic rings. The van der Waals surface area contributed by atoms with E-state index in [1.165, 1.54) is 0 Å². The van der Waals surface area contributed by atoms with E-state index in [0.29, 0.717) is 0 Å². The first-order valence-electron chi connectivity index (χ1n) is 6.11. The van der Waals surface area contributed by atoms with Crippen LogP contribution in [0.15, 0.2) is 6.07 Å². The molecule has 1 atom stereocenters. The van der Waals surface area contributed by atoms with Gasteiger partial charge < -0.3 is 10.4 Å². The Kier molecular flexibility index (Phi) is 4.33. The fourth-order valence-corrected chi connectivity index (χ4v) is 2.35. The molecule has 0 saturated carbocycles. The first-order chi connectivity index (χ1) is 9.73. The van der Waals surface area contributed by atoms with Crippen molar-refractivity contribution in [2.45, 2.75) is 12.2 Å². The number of hydrogen-bond donors (Lipinski definition) is 2. The average molecular weight is 314 g/mol. The van der Waals surface area contributed by atoms with E-state index < -0.39 is 41.0 Å². The van der Waals surface area contributed by atoms with Crippen LogP contribution in [0.3, 0.4) is 0 Å². The fraction of sp³-hybridized carbons (Fsp3) is 0.500. The minimum absolute atomic E-state index is 0.0674. The van der Waals surface area contributed by atoms with Gasteiger partial charge in [-0.1, -0.05) is 0 Å². The second kappa shape index (κ2) is 5.72. The van der Waals surface area contributed by atoms with Crippen molar-refractivity contribution in [1.82, 2.24) is 10.2 Å². The molecule has 0 bridgehead atoms. The van der Waals surface area contributed by atoms with Gasteiger partial charge in [-0.3, -0.25) is 4.90 Å². The molecule has 1 aromatic rings. The van der Waals surface area contributed by atoms with Crippen molar-refractivity contribution in [3.05, 3.63) is 29.1 Å². The van der Waals surface area contributed by atoms with E-state index in [2.05, 4.69) is 5.32 Å². The molecule has 1 heterocycles. The first-order valence-corrected chi connectivity index (χ1v) is 6.11. The summed E-state index contributed by atoms with van der Waals surface area (Å²) in [6.45, 7) is 0.335. The highest BCUT2D eigenvalue weighted by Gasteiger charge is 2.48. The first kappa shape index (κ1) is 15.9. The van der Waals surface area contributed by atoms with Crippen molar-refractivity contribution in [2.75, 3.05) is 26.2 Å². The Bertz CT molecular complexity index is 527. The van der Waals surface area contributed by atoms with Crippen LogP contribution in [-0.2, 0) is 0 Å². The highest BCUT2D eigenvalue weighted by atomic mass is 19.4. The van der Waals surface area contributed by atoms with Gasteiger partial charge in [-0.05, 0) is 0 Å². The van der Waals surface area contributed by atoms with E-state index in [4.69, 9.17) is 0 Å². The molecule has 2 rings (SSSR count). The number of rotatable bonds is 2. The van der Waals surface area contributed by atoms with E-state index in [1.54, 1.807) is 0 Å². The zero-order chi connectivity index (χ0) is 15.8. The van der Waals surface area contributed by atoms with Gasteiger partial charge in [-0.25, -0.2) is 13.2 Å². The van der Waals surface area contributed by atoms with Gasteiger partial charge in [0.15, 0.2) is 17.5 Å². The maximum Gasteiger partial charge on any atom is 0.408 e. The molecular formula is C12H12F6N2O. The van der Waals surface area contributed by atoms with Gasteiger partial charge in [0, 0.05) is 32.2 Å². The zero-order valence-corrected chi connectivity index (χ0v) is 10.6. The van der Waals surface area contributed by atoms with Crippen molar-refractivity contribution in [2.24, 2.45) is 0 Å². The third kappa shape index (κ3) is 3.08. The number of piperazine rings is 1. The molecule has 2 N–H and O–H groups in total. The number of aromatic hydroxyl groups is 1. The second-order valence-electron chi connectivity index (χ2n) is 4.65. The molecule has 0 radical (unpaired) electrons. The zero-order valence-electron chi connectivity index (χ0n) is 10.6. The van der Waals surface area contributed by atoms with Crippen LogP contribution >= 0.6 is 0 Å². The molecule has 1 fully saturated rings. The summed E-state index contributed by atoms with van der Waals surface area (Å²) < 4.78 is 79.6. The quantitative estimate of drug-likeness (QED) is 0.650. The molecule has 1 aliphatic heterocycles. The van der Waals surface area contributed by atoms with Gasteiger partial charge in [-0.2, -0.15) is 13.2 Å². The molecule has 3 nitrogen and oxygen atoms in total. The predicted molar refractivity (Wildman–Crippen MR) is 61.2 cm³/mol. The lowest BCUT2D eigenvalue weighted by Crippen LogP contribution is -2.49. The standard InChI is InChI=1S/C12H12F6N2O/c13-6-5-7(21)8(10(15)9(6)14)11(12(16,17)18)20-3-1-19-2-4-20/h5,11,19,21H,1-4H2/t11-/m1/s1. The summed E-state index contributed by atoms with van der Waals surface area (Å²) in [6.07, 6.45) is -4.94. The van der Waals surface area contributed by atoms with E-state index >= 15 is 0 Å². The summed E-state index contributed by atoms with van der Waals surface area (Å²) in [5.74, 6) is -7.05. The number of benzene rings is 1. The van der Waals surface area contributed by atoms with E-state index in [9.17, 15) is 31.4 Å². The van der Waals surface area contributed by atoms with Crippen molar-refractivity contribution >= 4 is 0 Å². The van der Waals surface area contributed by atoms with Gasteiger partial charge in [0.1, 0.15) is 11.8 Å². The van der Waals surface area contributed by atoms with Gasteiger partial charge in [0.25, 0.3) is 0 Å². The van der Waals surface area contributed by atoms with Crippen molar-refractivity contribution in [3.8, 4) is 5.75 Å². The molecule has 0 unspecified atom stereocenters. The number of nitrogens with one attached hydrogen (secondary N) is 1. The fourth-order valence-electron chi connectivity index (χ4n) is 2.35. The molecule has 1 saturated heterocycles. The lowest BCUT2D eigenvalue weighted by atomic mass is 10.0. The summed E-state index contributed by atoms with van der Waals surface area (Å²) in [7, 11) is 0. The highest BCUT2D eigenvalue weighted by molar-refractivity contribution is 5.38. The molecular weight excluding hydrogens is 302 g/mol. The molecule has 118 valence electrons. The van der Waals surface area contributed by atoms with Crippen molar-refractivity contribution < 1.29 is 31.4 Å². The van der Waals surface area contributed by atoms with Crippen molar-refractivity contribution in [3.63, 3.8) is 0 Å². The van der Waals surface area contributed by atoms with Gasteiger partial charge in [0.05, 0.1) is 5.56 Å². The largest absolute Gasteiger partial charge is 0.507 e. The van der Waals surface area contributed by atoms with Crippen LogP contribution in [0.5, 0.6) is 5.75 Å². The van der Waals surface area contributed by atoms with Crippen LogP contribution in [-0.4, -0.2) is 42.4 Å². The summed E-state index contributed by atoms with van der Waals surface area (Å²) >= 11 is 0. The summed E-state index contributed by atoms with van der Waals surface area (Å²) in [6, 6.07) is -2.39. The van der Waals surface area contributed by atoms with Crippen molar-refractivity contribution in [1.29, 1.82) is 0 Å². The summed E-state index contributed by atoms with van der Waals surface area (Å²) in [4.78, 5) is 0.867. The van der Waals surface area contributed by atoms with E-state index in [-0.39, 0.29) is 32.2 Å². The van der Waals surface area contributed by atoms with Gasteiger partial charge in [0.2, 0.25) is 0 Å². The van der Waals surface area contributed by atoms with E-state index in [0.717, 1.165) is 4.90 Å². The highest BCUT2D eigenvalue weighted by Crippen LogP contribution is 2.43. The van der Waals surface area contributed by atoms with Crippen LogP contribution in [0.2, 0.25) is 0 Å². The average Bonchev–Trinajstić information content (AvgIpc) is 2.40. The SMILES string of the molecule is Oc1cc(F)c(F)c(F)c1[C@@H](N1CCNCC1)C(F)(F)F. The number of halogens is 6. The maximum atomic E-state index is 13.7. The topological polar surface area (TPSA) is 35.5 Å². The monoisotopic (exact) mass is 314 g/mol. The van der Waals surface area contributed by atoms with Crippen LogP contribution in [0.25, 0.3) is 0 Å². The molecule has 0 aliphatic carbocycles. The molecule has 0 spiro atoms. The third-order valence-electron chi connectivity index (χ3n) is 3.28. The summed E-state index contributed by atoms with van der Waals surface area (Å²) in [5.41, 5.74) is -1.29. The Morgan fingerprint density at radius 3 is 2.19 bits per heavy atom. The number of phenolic OH excluding ortho intramolecular Hbond substituents is 1. The lowest BCUT2D eigenvalue weighted by molar-refractivity contribution is -0.189. The second-order valence-corrected chi connectivity index (χ2v) is 4.65. The molecule has 0 amide bonds. The molecule has 9 heteroatoms. The normalized spacial score (nSPS) is 18.8. The minimum atomic E-state index is -4.94. The number of phenols is 1. The summed E-state index contributed by atoms with van der Waals surface area (Å²) in [5, 5.41) is 12.3. The van der Waals surface area contributed by atoms with Crippen LogP contribution < -0.4 is 5.32 Å². The smallest absolute Gasteiger partial charge is 0.408 e.